The third-order valence-electron chi connectivity index (χ3n) is 2.98. The molecular formula is C17H17NO. The fraction of sp³-hybridized carbons (Fsp3) is 0.118. The van der Waals surface area contributed by atoms with Gasteiger partial charge < -0.3 is 4.90 Å². The lowest BCUT2D eigenvalue weighted by Gasteiger charge is -2.18. The Kier molecular flexibility index (Phi) is 4.14. The molecule has 2 heteroatoms. The largest absolute Gasteiger partial charge is 0.337 e. The van der Waals surface area contributed by atoms with Crippen LogP contribution in [-0.4, -0.2) is 24.4 Å². The molecule has 1 amide bonds. The summed E-state index contributed by atoms with van der Waals surface area (Å²) in [5.74, 6) is 0.0117. The lowest BCUT2D eigenvalue weighted by molar-refractivity contribution is 0.0812. The maximum Gasteiger partial charge on any atom is 0.253 e. The number of benzene rings is 2. The monoisotopic (exact) mass is 251 g/mol. The van der Waals surface area contributed by atoms with Crippen LogP contribution in [0.4, 0.5) is 0 Å². The van der Waals surface area contributed by atoms with E-state index in [1.807, 2.05) is 60.7 Å². The normalized spacial score (nSPS) is 9.95. The van der Waals surface area contributed by atoms with E-state index in [0.29, 0.717) is 12.1 Å². The van der Waals surface area contributed by atoms with Gasteiger partial charge in [0.2, 0.25) is 0 Å². The van der Waals surface area contributed by atoms with Crippen molar-refractivity contribution >= 4 is 11.5 Å². The lowest BCUT2D eigenvalue weighted by atomic mass is 10.1. The van der Waals surface area contributed by atoms with Gasteiger partial charge in [0, 0.05) is 19.2 Å². The summed E-state index contributed by atoms with van der Waals surface area (Å²) >= 11 is 0. The molecule has 0 aliphatic heterocycles. The van der Waals surface area contributed by atoms with E-state index >= 15 is 0 Å². The van der Waals surface area contributed by atoms with Crippen molar-refractivity contribution in [3.05, 3.63) is 78.4 Å². The van der Waals surface area contributed by atoms with Crippen molar-refractivity contribution in [1.29, 1.82) is 0 Å². The molecule has 0 atom stereocenters. The minimum absolute atomic E-state index is 0.0117. The number of carbonyl (C=O) groups is 1. The van der Waals surface area contributed by atoms with E-state index in [2.05, 4.69) is 6.58 Å². The summed E-state index contributed by atoms with van der Waals surface area (Å²) in [6.07, 6.45) is 0. The zero-order valence-electron chi connectivity index (χ0n) is 11.0. The second-order valence-electron chi connectivity index (χ2n) is 4.50. The number of hydrogen-bond donors (Lipinski definition) is 0. The van der Waals surface area contributed by atoms with E-state index in [1.54, 1.807) is 11.9 Å². The molecule has 2 nitrogen and oxygen atoms in total. The van der Waals surface area contributed by atoms with E-state index in [9.17, 15) is 4.79 Å². The van der Waals surface area contributed by atoms with Crippen molar-refractivity contribution in [1.82, 2.24) is 4.90 Å². The number of hydrogen-bond acceptors (Lipinski definition) is 1. The highest BCUT2D eigenvalue weighted by Gasteiger charge is 2.12. The number of likely N-dealkylation sites (N-methyl/N-ethyl adjacent to an activating group) is 1. The molecule has 0 aliphatic carbocycles. The van der Waals surface area contributed by atoms with Crippen molar-refractivity contribution in [3.63, 3.8) is 0 Å². The first-order valence-corrected chi connectivity index (χ1v) is 6.22. The fourth-order valence-corrected chi connectivity index (χ4v) is 1.92. The van der Waals surface area contributed by atoms with Crippen LogP contribution in [0.3, 0.4) is 0 Å². The van der Waals surface area contributed by atoms with Crippen LogP contribution in [0.2, 0.25) is 0 Å². The Morgan fingerprint density at radius 3 is 1.95 bits per heavy atom. The van der Waals surface area contributed by atoms with Crippen LogP contribution >= 0.6 is 0 Å². The molecule has 19 heavy (non-hydrogen) atoms. The molecule has 0 heterocycles. The van der Waals surface area contributed by atoms with Gasteiger partial charge in [0.25, 0.3) is 5.91 Å². The van der Waals surface area contributed by atoms with E-state index < -0.39 is 0 Å². The van der Waals surface area contributed by atoms with Gasteiger partial charge in [-0.25, -0.2) is 0 Å². The van der Waals surface area contributed by atoms with E-state index in [0.717, 1.165) is 11.1 Å². The first-order chi connectivity index (χ1) is 9.18. The second-order valence-corrected chi connectivity index (χ2v) is 4.50. The average Bonchev–Trinajstić information content (AvgIpc) is 2.48. The van der Waals surface area contributed by atoms with Crippen molar-refractivity contribution in [2.75, 3.05) is 13.6 Å². The number of rotatable bonds is 4. The minimum atomic E-state index is 0.0117. The summed E-state index contributed by atoms with van der Waals surface area (Å²) in [4.78, 5) is 13.9. The summed E-state index contributed by atoms with van der Waals surface area (Å²) in [6, 6.07) is 19.2. The molecule has 96 valence electrons. The number of nitrogens with zero attached hydrogens (tertiary/aromatic N) is 1. The first kappa shape index (κ1) is 13.1. The van der Waals surface area contributed by atoms with Crippen molar-refractivity contribution in [2.24, 2.45) is 0 Å². The number of carbonyl (C=O) groups excluding carboxylic acids is 1. The number of amides is 1. The van der Waals surface area contributed by atoms with Gasteiger partial charge >= 0.3 is 0 Å². The van der Waals surface area contributed by atoms with Gasteiger partial charge in [0.05, 0.1) is 0 Å². The summed E-state index contributed by atoms with van der Waals surface area (Å²) in [5.41, 5.74) is 2.70. The zero-order chi connectivity index (χ0) is 13.7. The predicted molar refractivity (Wildman–Crippen MR) is 78.9 cm³/mol. The minimum Gasteiger partial charge on any atom is -0.337 e. The summed E-state index contributed by atoms with van der Waals surface area (Å²) in [5, 5.41) is 0. The highest BCUT2D eigenvalue weighted by atomic mass is 16.2. The second kappa shape index (κ2) is 6.01. The summed E-state index contributed by atoms with van der Waals surface area (Å²) in [7, 11) is 1.80. The predicted octanol–water partition coefficient (Wildman–Crippen LogP) is 3.47. The van der Waals surface area contributed by atoms with Crippen LogP contribution in [0.5, 0.6) is 0 Å². The topological polar surface area (TPSA) is 20.3 Å². The third-order valence-corrected chi connectivity index (χ3v) is 2.98. The Morgan fingerprint density at radius 1 is 0.947 bits per heavy atom. The molecule has 0 aliphatic rings. The Morgan fingerprint density at radius 2 is 1.42 bits per heavy atom. The fourth-order valence-electron chi connectivity index (χ4n) is 1.92. The highest BCUT2D eigenvalue weighted by molar-refractivity contribution is 5.94. The van der Waals surface area contributed by atoms with Gasteiger partial charge in [-0.3, -0.25) is 4.79 Å². The smallest absolute Gasteiger partial charge is 0.253 e. The molecule has 0 spiro atoms. The third kappa shape index (κ3) is 3.32. The van der Waals surface area contributed by atoms with Crippen molar-refractivity contribution in [3.8, 4) is 0 Å². The summed E-state index contributed by atoms with van der Waals surface area (Å²) < 4.78 is 0. The molecule has 2 aromatic carbocycles. The standard InChI is InChI=1S/C17H17NO/c1-14(15-9-5-3-6-10-15)13-18(2)17(19)16-11-7-4-8-12-16/h3-12H,1,13H2,2H3. The Hall–Kier alpha value is -2.35. The van der Waals surface area contributed by atoms with Crippen LogP contribution in [-0.2, 0) is 0 Å². The molecule has 0 fully saturated rings. The molecule has 2 rings (SSSR count). The zero-order valence-corrected chi connectivity index (χ0v) is 11.0. The van der Waals surface area contributed by atoms with Gasteiger partial charge in [0.15, 0.2) is 0 Å². The van der Waals surface area contributed by atoms with Crippen LogP contribution in [0.25, 0.3) is 5.57 Å². The van der Waals surface area contributed by atoms with Crippen molar-refractivity contribution in [2.45, 2.75) is 0 Å². The average molecular weight is 251 g/mol. The van der Waals surface area contributed by atoms with Crippen molar-refractivity contribution < 1.29 is 4.79 Å². The van der Waals surface area contributed by atoms with Gasteiger partial charge in [-0.15, -0.1) is 0 Å². The molecule has 0 radical (unpaired) electrons. The van der Waals surface area contributed by atoms with Crippen LogP contribution in [0.1, 0.15) is 15.9 Å². The van der Waals surface area contributed by atoms with E-state index in [-0.39, 0.29) is 5.91 Å². The lowest BCUT2D eigenvalue weighted by Crippen LogP contribution is -2.28. The quantitative estimate of drug-likeness (QED) is 0.814. The molecule has 0 unspecified atom stereocenters. The van der Waals surface area contributed by atoms with E-state index in [1.165, 1.54) is 0 Å². The maximum atomic E-state index is 12.2. The van der Waals surface area contributed by atoms with Gasteiger partial charge in [-0.1, -0.05) is 55.1 Å². The van der Waals surface area contributed by atoms with E-state index in [4.69, 9.17) is 0 Å². The van der Waals surface area contributed by atoms with Crippen LogP contribution < -0.4 is 0 Å². The molecule has 0 saturated heterocycles. The summed E-state index contributed by atoms with van der Waals surface area (Å²) in [6.45, 7) is 4.57. The van der Waals surface area contributed by atoms with Gasteiger partial charge in [-0.05, 0) is 23.3 Å². The molecule has 2 aromatic rings. The first-order valence-electron chi connectivity index (χ1n) is 6.22. The van der Waals surface area contributed by atoms with Crippen LogP contribution in [0, 0.1) is 0 Å². The van der Waals surface area contributed by atoms with Gasteiger partial charge in [-0.2, -0.15) is 0 Å². The molecular weight excluding hydrogens is 234 g/mol. The van der Waals surface area contributed by atoms with Crippen LogP contribution in [0.15, 0.2) is 67.2 Å². The highest BCUT2D eigenvalue weighted by Crippen LogP contribution is 2.14. The maximum absolute atomic E-state index is 12.2. The SMILES string of the molecule is C=C(CN(C)C(=O)c1ccccc1)c1ccccc1. The van der Waals surface area contributed by atoms with Gasteiger partial charge in [0.1, 0.15) is 0 Å². The molecule has 0 bridgehead atoms. The Bertz CT molecular complexity index is 560. The molecule has 0 N–H and O–H groups in total. The Labute approximate surface area is 114 Å². The Balaban J connectivity index is 2.04. The molecule has 0 saturated carbocycles. The molecule has 0 aromatic heterocycles.